The first-order valence-corrected chi connectivity index (χ1v) is 9.70. The lowest BCUT2D eigenvalue weighted by Gasteiger charge is -2.35. The van der Waals surface area contributed by atoms with Crippen molar-refractivity contribution in [3.05, 3.63) is 11.6 Å². The molecule has 0 amide bonds. The van der Waals surface area contributed by atoms with Crippen LogP contribution in [0, 0.1) is 5.92 Å². The summed E-state index contributed by atoms with van der Waals surface area (Å²) in [5, 5.41) is 0. The first-order valence-electron chi connectivity index (χ1n) is 7.60. The lowest BCUT2D eigenvalue weighted by molar-refractivity contribution is -0.117. The molecular weight excluding hydrogens is 359 g/mol. The number of alkyl halides is 2. The summed E-state index contributed by atoms with van der Waals surface area (Å²) >= 11 is 18.0. The summed E-state index contributed by atoms with van der Waals surface area (Å²) in [7, 11) is 0. The maximum atomic E-state index is 11.5. The maximum absolute atomic E-state index is 11.5. The monoisotopic (exact) mass is 382 g/mol. The number of ether oxygens (including phenoxy) is 1. The highest BCUT2D eigenvalue weighted by Crippen LogP contribution is 2.42. The van der Waals surface area contributed by atoms with Gasteiger partial charge in [0.1, 0.15) is 0 Å². The molecule has 1 aliphatic rings. The lowest BCUT2D eigenvalue weighted by atomic mass is 9.81. The zero-order valence-corrected chi connectivity index (χ0v) is 16.5. The molecule has 1 atom stereocenters. The zero-order chi connectivity index (χ0) is 16.8. The molecule has 0 fully saturated rings. The summed E-state index contributed by atoms with van der Waals surface area (Å²) in [6.07, 6.45) is 6.63. The molecule has 0 aromatic heterocycles. The van der Waals surface area contributed by atoms with Crippen LogP contribution < -0.4 is 0 Å². The van der Waals surface area contributed by atoms with Crippen molar-refractivity contribution < 1.29 is 9.53 Å². The standard InChI is InChI=1S/C16H24Cl2O2S2/c1-4-20-15(21)22-16(2,3)12-8-5-11(6-9-12)7-10-13(19)14(17)18/h5,12,14H,4,6-10H2,1-3H3. The van der Waals surface area contributed by atoms with Crippen LogP contribution in [0.5, 0.6) is 0 Å². The summed E-state index contributed by atoms with van der Waals surface area (Å²) in [6, 6.07) is 0. The summed E-state index contributed by atoms with van der Waals surface area (Å²) < 4.78 is 6.08. The third-order valence-electron chi connectivity index (χ3n) is 4.03. The van der Waals surface area contributed by atoms with Gasteiger partial charge in [-0.15, -0.1) is 0 Å². The van der Waals surface area contributed by atoms with Crippen molar-refractivity contribution in [3.8, 4) is 0 Å². The molecule has 1 aliphatic carbocycles. The van der Waals surface area contributed by atoms with Gasteiger partial charge in [-0.25, -0.2) is 0 Å². The molecular formula is C16H24Cl2O2S2. The van der Waals surface area contributed by atoms with Crippen LogP contribution in [0.1, 0.15) is 52.9 Å². The second-order valence-electron chi connectivity index (χ2n) is 5.99. The van der Waals surface area contributed by atoms with E-state index in [4.69, 9.17) is 40.2 Å². The molecule has 0 N–H and O–H groups in total. The number of ketones is 1. The largest absolute Gasteiger partial charge is 0.479 e. The van der Waals surface area contributed by atoms with E-state index >= 15 is 0 Å². The van der Waals surface area contributed by atoms with E-state index in [2.05, 4.69) is 19.9 Å². The molecule has 0 radical (unpaired) electrons. The van der Waals surface area contributed by atoms with Gasteiger partial charge in [0.25, 0.3) is 0 Å². The number of allylic oxidation sites excluding steroid dienone is 2. The van der Waals surface area contributed by atoms with Crippen LogP contribution in [0.2, 0.25) is 0 Å². The Morgan fingerprint density at radius 1 is 1.55 bits per heavy atom. The molecule has 2 nitrogen and oxygen atoms in total. The van der Waals surface area contributed by atoms with Gasteiger partial charge in [0.2, 0.25) is 4.38 Å². The molecule has 0 aromatic carbocycles. The van der Waals surface area contributed by atoms with Crippen LogP contribution in [-0.2, 0) is 9.53 Å². The van der Waals surface area contributed by atoms with Crippen LogP contribution in [0.15, 0.2) is 11.6 Å². The van der Waals surface area contributed by atoms with Crippen molar-refractivity contribution in [3.63, 3.8) is 0 Å². The number of thiocarbonyl (C=S) groups is 1. The fourth-order valence-electron chi connectivity index (χ4n) is 2.59. The number of carbonyl (C=O) groups is 1. The molecule has 126 valence electrons. The fraction of sp³-hybridized carbons (Fsp3) is 0.750. The Hall–Kier alpha value is 0.230. The second-order valence-corrected chi connectivity index (χ2v) is 9.34. The third kappa shape index (κ3) is 6.77. The fourth-order valence-corrected chi connectivity index (χ4v) is 4.55. The molecule has 1 unspecified atom stereocenters. The van der Waals surface area contributed by atoms with Gasteiger partial charge < -0.3 is 4.74 Å². The molecule has 0 saturated heterocycles. The maximum Gasteiger partial charge on any atom is 0.220 e. The Bertz CT molecular complexity index is 434. The quantitative estimate of drug-likeness (QED) is 0.320. The second kappa shape index (κ2) is 9.51. The first-order chi connectivity index (χ1) is 10.3. The number of hydrogen-bond donors (Lipinski definition) is 0. The first kappa shape index (κ1) is 20.3. The molecule has 0 saturated carbocycles. The molecule has 22 heavy (non-hydrogen) atoms. The smallest absolute Gasteiger partial charge is 0.220 e. The van der Waals surface area contributed by atoms with Gasteiger partial charge in [0.15, 0.2) is 10.6 Å². The number of carbonyl (C=O) groups excluding carboxylic acids is 1. The molecule has 0 aromatic rings. The van der Waals surface area contributed by atoms with Gasteiger partial charge in [-0.05, 0) is 64.6 Å². The predicted molar refractivity (Wildman–Crippen MR) is 101 cm³/mol. The van der Waals surface area contributed by atoms with E-state index in [0.717, 1.165) is 25.7 Å². The number of rotatable bonds is 7. The van der Waals surface area contributed by atoms with E-state index in [1.165, 1.54) is 5.57 Å². The minimum Gasteiger partial charge on any atom is -0.479 e. The molecule has 1 rings (SSSR count). The predicted octanol–water partition coefficient (Wildman–Crippen LogP) is 5.70. The number of Topliss-reactive ketones (excluding diaryl/α,β-unsaturated/α-hetero) is 1. The van der Waals surface area contributed by atoms with Crippen molar-refractivity contribution in [1.82, 2.24) is 0 Å². The zero-order valence-electron chi connectivity index (χ0n) is 13.4. The number of hydrogen-bond acceptors (Lipinski definition) is 4. The Kier molecular flexibility index (Phi) is 8.76. The van der Waals surface area contributed by atoms with Crippen molar-refractivity contribution in [2.75, 3.05) is 6.61 Å². The van der Waals surface area contributed by atoms with Crippen LogP contribution in [0.3, 0.4) is 0 Å². The van der Waals surface area contributed by atoms with E-state index in [0.29, 0.717) is 23.3 Å². The van der Waals surface area contributed by atoms with Gasteiger partial charge in [0.05, 0.1) is 6.61 Å². The van der Waals surface area contributed by atoms with Crippen LogP contribution in [-0.4, -0.2) is 26.4 Å². The molecule has 0 spiro atoms. The Labute approximate surface area is 153 Å². The highest BCUT2D eigenvalue weighted by molar-refractivity contribution is 8.23. The molecule has 0 bridgehead atoms. The van der Waals surface area contributed by atoms with E-state index < -0.39 is 4.84 Å². The van der Waals surface area contributed by atoms with Crippen molar-refractivity contribution in [2.45, 2.75) is 62.5 Å². The van der Waals surface area contributed by atoms with E-state index in [1.807, 2.05) is 6.92 Å². The normalized spacial score (nSPS) is 19.0. The summed E-state index contributed by atoms with van der Waals surface area (Å²) in [6.45, 7) is 7.01. The molecule has 0 aliphatic heterocycles. The van der Waals surface area contributed by atoms with Gasteiger partial charge >= 0.3 is 0 Å². The minimum absolute atomic E-state index is 0.0570. The topological polar surface area (TPSA) is 26.3 Å². The van der Waals surface area contributed by atoms with Gasteiger partial charge in [-0.1, -0.05) is 46.6 Å². The van der Waals surface area contributed by atoms with Crippen LogP contribution >= 0.6 is 47.2 Å². The summed E-state index contributed by atoms with van der Waals surface area (Å²) in [5.41, 5.74) is 1.34. The van der Waals surface area contributed by atoms with Crippen molar-refractivity contribution >= 4 is 57.3 Å². The SMILES string of the molecule is CCOC(=S)SC(C)(C)C1CC=C(CCC(=O)C(Cl)Cl)CC1. The van der Waals surface area contributed by atoms with Gasteiger partial charge in [-0.3, -0.25) is 4.79 Å². The van der Waals surface area contributed by atoms with Gasteiger partial charge in [0, 0.05) is 11.2 Å². The Balaban J connectivity index is 2.48. The number of halogens is 2. The molecule has 0 heterocycles. The van der Waals surface area contributed by atoms with E-state index in [9.17, 15) is 4.79 Å². The van der Waals surface area contributed by atoms with Gasteiger partial charge in [-0.2, -0.15) is 0 Å². The minimum atomic E-state index is -0.896. The summed E-state index contributed by atoms with van der Waals surface area (Å²) in [5.74, 6) is 0.466. The average molecular weight is 383 g/mol. The van der Waals surface area contributed by atoms with Crippen LogP contribution in [0.4, 0.5) is 0 Å². The third-order valence-corrected chi connectivity index (χ3v) is 6.03. The van der Waals surface area contributed by atoms with Crippen LogP contribution in [0.25, 0.3) is 0 Å². The Morgan fingerprint density at radius 2 is 2.23 bits per heavy atom. The highest BCUT2D eigenvalue weighted by Gasteiger charge is 2.33. The average Bonchev–Trinajstić information content (AvgIpc) is 2.44. The summed E-state index contributed by atoms with van der Waals surface area (Å²) in [4.78, 5) is 10.6. The highest BCUT2D eigenvalue weighted by atomic mass is 35.5. The van der Waals surface area contributed by atoms with E-state index in [1.54, 1.807) is 11.8 Å². The van der Waals surface area contributed by atoms with E-state index in [-0.39, 0.29) is 10.5 Å². The van der Waals surface area contributed by atoms with Crippen molar-refractivity contribution in [1.29, 1.82) is 0 Å². The Morgan fingerprint density at radius 3 is 2.73 bits per heavy atom. The molecule has 6 heteroatoms. The number of thioether (sulfide) groups is 1. The van der Waals surface area contributed by atoms with Crippen molar-refractivity contribution in [2.24, 2.45) is 5.92 Å². The lowest BCUT2D eigenvalue weighted by Crippen LogP contribution is -2.30.